The number of hydrogen-bond donors (Lipinski definition) is 0. The summed E-state index contributed by atoms with van der Waals surface area (Å²) in [4.78, 5) is 8.41. The lowest BCUT2D eigenvalue weighted by molar-refractivity contribution is -0.838. The molecule has 2 heterocycles. The van der Waals surface area contributed by atoms with E-state index in [-0.39, 0.29) is 0 Å². The van der Waals surface area contributed by atoms with Crippen molar-refractivity contribution in [2.45, 2.75) is 25.3 Å². The normalized spacial score (nSPS) is 33.1. The Morgan fingerprint density at radius 3 is 3.00 bits per heavy atom. The third-order valence-electron chi connectivity index (χ3n) is 3.14. The van der Waals surface area contributed by atoms with Gasteiger partial charge in [-0.25, -0.2) is 4.99 Å². The lowest BCUT2D eigenvalue weighted by atomic mass is 9.94. The molecule has 0 N–H and O–H groups in total. The summed E-state index contributed by atoms with van der Waals surface area (Å²) in [5.41, 5.74) is 1.12. The van der Waals surface area contributed by atoms with Crippen LogP contribution < -0.4 is 0 Å². The monoisotopic (exact) mass is 315 g/mol. The molecule has 0 saturated heterocycles. The Balaban J connectivity index is 1.94. The summed E-state index contributed by atoms with van der Waals surface area (Å²) in [6, 6.07) is 0.662. The van der Waals surface area contributed by atoms with Gasteiger partial charge < -0.3 is 0 Å². The van der Waals surface area contributed by atoms with Crippen molar-refractivity contribution in [1.82, 2.24) is 3.22 Å². The number of rotatable bonds is 2. The first-order valence-electron chi connectivity index (χ1n) is 5.13. The van der Waals surface area contributed by atoms with Crippen LogP contribution in [-0.4, -0.2) is 26.4 Å². The largest absolute Gasteiger partial charge is 0.253 e. The van der Waals surface area contributed by atoms with Gasteiger partial charge in [0.15, 0.2) is 0 Å². The molecule has 3 rings (SSSR count). The Labute approximate surface area is 103 Å². The second kappa shape index (κ2) is 3.50. The summed E-state index contributed by atoms with van der Waals surface area (Å²) in [5, 5.41) is 0. The molecule has 1 atom stereocenters. The van der Waals surface area contributed by atoms with Crippen molar-refractivity contribution in [3.8, 4) is 0 Å². The molecule has 0 aromatic carbocycles. The zero-order valence-corrected chi connectivity index (χ0v) is 10.4. The highest BCUT2D eigenvalue weighted by Gasteiger charge is 2.45. The van der Waals surface area contributed by atoms with Crippen molar-refractivity contribution in [2.24, 2.45) is 9.98 Å². The number of quaternary nitrogens is 1. The van der Waals surface area contributed by atoms with Gasteiger partial charge in [0.2, 0.25) is 12.0 Å². The molecule has 3 aliphatic rings. The van der Waals surface area contributed by atoms with Crippen molar-refractivity contribution in [3.05, 3.63) is 24.3 Å². The van der Waals surface area contributed by atoms with Crippen LogP contribution in [-0.2, 0) is 0 Å². The summed E-state index contributed by atoms with van der Waals surface area (Å²) in [5.74, 6) is 0. The maximum atomic E-state index is 4.26. The number of aliphatic imine (C=N–C) groups is 2. The standard InChI is InChI=1S/C10H12IN4/c11-14(9-2-1-3-9)15-5-4-12-6-10(15)7-13-8-15/h4-9H,1-3H2/q+1. The van der Waals surface area contributed by atoms with Crippen molar-refractivity contribution < 1.29 is 4.59 Å². The Bertz CT molecular complexity index is 394. The van der Waals surface area contributed by atoms with Crippen LogP contribution >= 0.6 is 22.9 Å². The van der Waals surface area contributed by atoms with Crippen LogP contribution in [0, 0.1) is 0 Å². The molecule has 0 bridgehead atoms. The van der Waals surface area contributed by atoms with Gasteiger partial charge in [0, 0.05) is 0 Å². The molecule has 5 heteroatoms. The van der Waals surface area contributed by atoms with Crippen LogP contribution in [0.1, 0.15) is 19.3 Å². The highest BCUT2D eigenvalue weighted by Crippen LogP contribution is 2.37. The molecule has 1 saturated carbocycles. The predicted octanol–water partition coefficient (Wildman–Crippen LogP) is 2.36. The lowest BCUT2D eigenvalue weighted by Gasteiger charge is -2.41. The van der Waals surface area contributed by atoms with Gasteiger partial charge in [-0.1, -0.05) is 3.22 Å². The minimum Gasteiger partial charge on any atom is -0.253 e. The third kappa shape index (κ3) is 1.33. The molecule has 4 nitrogen and oxygen atoms in total. The van der Waals surface area contributed by atoms with E-state index < -0.39 is 0 Å². The van der Waals surface area contributed by atoms with E-state index in [1.807, 2.05) is 25.0 Å². The first-order chi connectivity index (χ1) is 7.33. The number of halogens is 1. The minimum atomic E-state index is 0.606. The third-order valence-corrected chi connectivity index (χ3v) is 4.64. The van der Waals surface area contributed by atoms with E-state index in [9.17, 15) is 0 Å². The fourth-order valence-electron chi connectivity index (χ4n) is 1.97. The fourth-order valence-corrected chi connectivity index (χ4v) is 3.04. The van der Waals surface area contributed by atoms with Gasteiger partial charge in [-0.3, -0.25) is 4.99 Å². The summed E-state index contributed by atoms with van der Waals surface area (Å²) < 4.78 is 2.94. The van der Waals surface area contributed by atoms with Crippen LogP contribution in [0.15, 0.2) is 34.3 Å². The fraction of sp³-hybridized carbons (Fsp3) is 0.400. The molecule has 0 radical (unpaired) electrons. The molecule has 15 heavy (non-hydrogen) atoms. The highest BCUT2D eigenvalue weighted by atomic mass is 127. The molecule has 0 amide bonds. The molecule has 0 aromatic heterocycles. The van der Waals surface area contributed by atoms with Crippen LogP contribution in [0.5, 0.6) is 0 Å². The number of nitrogens with zero attached hydrogens (tertiary/aromatic N) is 4. The van der Waals surface area contributed by atoms with Crippen LogP contribution in [0.2, 0.25) is 0 Å². The Kier molecular flexibility index (Phi) is 2.26. The average Bonchev–Trinajstić information content (AvgIpc) is 2.59. The van der Waals surface area contributed by atoms with E-state index in [0.717, 1.165) is 5.70 Å². The van der Waals surface area contributed by atoms with Crippen LogP contribution in [0.25, 0.3) is 0 Å². The smallest absolute Gasteiger partial charge is 0.220 e. The molecule has 1 aliphatic carbocycles. The van der Waals surface area contributed by atoms with E-state index in [1.54, 1.807) is 0 Å². The van der Waals surface area contributed by atoms with E-state index >= 15 is 0 Å². The lowest BCUT2D eigenvalue weighted by Crippen LogP contribution is -2.55. The zero-order chi connectivity index (χ0) is 10.3. The van der Waals surface area contributed by atoms with Gasteiger partial charge in [-0.05, 0) is 19.3 Å². The van der Waals surface area contributed by atoms with Gasteiger partial charge in [0.1, 0.15) is 6.20 Å². The number of fused-ring (bicyclic) bond motifs is 1. The van der Waals surface area contributed by atoms with E-state index in [4.69, 9.17) is 0 Å². The van der Waals surface area contributed by atoms with E-state index in [2.05, 4.69) is 42.3 Å². The molecule has 1 fully saturated rings. The summed E-state index contributed by atoms with van der Waals surface area (Å²) in [6.45, 7) is 0. The van der Waals surface area contributed by atoms with E-state index in [1.165, 1.54) is 19.3 Å². The molecule has 2 aliphatic heterocycles. The summed E-state index contributed by atoms with van der Waals surface area (Å²) >= 11 is 2.41. The van der Waals surface area contributed by atoms with Gasteiger partial charge in [0.05, 0.1) is 47.5 Å². The second-order valence-electron chi connectivity index (χ2n) is 4.01. The average molecular weight is 315 g/mol. The molecular weight excluding hydrogens is 303 g/mol. The van der Waals surface area contributed by atoms with E-state index in [0.29, 0.717) is 10.6 Å². The Morgan fingerprint density at radius 1 is 1.40 bits per heavy atom. The van der Waals surface area contributed by atoms with Gasteiger partial charge in [-0.2, -0.15) is 0 Å². The maximum Gasteiger partial charge on any atom is 0.220 e. The second-order valence-corrected chi connectivity index (χ2v) is 4.99. The first-order valence-corrected chi connectivity index (χ1v) is 6.09. The quantitative estimate of drug-likeness (QED) is 0.437. The summed E-state index contributed by atoms with van der Waals surface area (Å²) in [7, 11) is 0. The molecule has 78 valence electrons. The maximum absolute atomic E-state index is 4.26. The van der Waals surface area contributed by atoms with Crippen LogP contribution in [0.4, 0.5) is 0 Å². The van der Waals surface area contributed by atoms with Crippen molar-refractivity contribution in [2.75, 3.05) is 0 Å². The topological polar surface area (TPSA) is 28.0 Å². The van der Waals surface area contributed by atoms with Gasteiger partial charge in [-0.15, -0.1) is 4.59 Å². The molecular formula is C10H12IN4+. The number of allylic oxidation sites excluding steroid dienone is 1. The Hall–Kier alpha value is -0.530. The SMILES string of the molecule is IN(C1CCC1)[N+]12C=CN=CC1=CN=C2. The highest BCUT2D eigenvalue weighted by molar-refractivity contribution is 14.1. The van der Waals surface area contributed by atoms with Crippen molar-refractivity contribution in [3.63, 3.8) is 0 Å². The van der Waals surface area contributed by atoms with Gasteiger partial charge in [0.25, 0.3) is 0 Å². The predicted molar refractivity (Wildman–Crippen MR) is 68.0 cm³/mol. The molecule has 0 spiro atoms. The van der Waals surface area contributed by atoms with Crippen molar-refractivity contribution in [1.29, 1.82) is 0 Å². The van der Waals surface area contributed by atoms with Crippen molar-refractivity contribution >= 4 is 35.4 Å². The zero-order valence-electron chi connectivity index (χ0n) is 8.25. The summed E-state index contributed by atoms with van der Waals surface area (Å²) in [6.07, 6.45) is 13.6. The molecule has 0 aromatic rings. The molecule has 1 unspecified atom stereocenters. The minimum absolute atomic E-state index is 0.606. The first kappa shape index (κ1) is 9.68. The van der Waals surface area contributed by atoms with Gasteiger partial charge >= 0.3 is 0 Å². The Morgan fingerprint density at radius 2 is 2.27 bits per heavy atom. The van der Waals surface area contributed by atoms with Crippen LogP contribution in [0.3, 0.4) is 0 Å². The number of hydrogen-bond acceptors (Lipinski definition) is 3.